The molecule has 6 aliphatic rings. The fourth-order valence-electron chi connectivity index (χ4n) is 8.72. The number of halogens is 1. The van der Waals surface area contributed by atoms with Gasteiger partial charge in [0.2, 0.25) is 0 Å². The molecule has 2 spiro atoms. The van der Waals surface area contributed by atoms with Crippen molar-refractivity contribution in [1.29, 1.82) is 0 Å². The summed E-state index contributed by atoms with van der Waals surface area (Å²) in [5.41, 5.74) is 2.64. The number of nitrogens with zero attached hydrogens (tertiary/aromatic N) is 1. The summed E-state index contributed by atoms with van der Waals surface area (Å²) >= 11 is -0.184. The van der Waals surface area contributed by atoms with Crippen LogP contribution in [-0.4, -0.2) is 55.7 Å². The van der Waals surface area contributed by atoms with Crippen molar-refractivity contribution in [3.8, 4) is 11.5 Å². The van der Waals surface area contributed by atoms with Crippen molar-refractivity contribution in [2.45, 2.75) is 80.0 Å². The number of ether oxygens (including phenoxy) is 2. The minimum atomic E-state index is -0.184. The van der Waals surface area contributed by atoms with E-state index < -0.39 is 0 Å². The van der Waals surface area contributed by atoms with Crippen LogP contribution in [0.2, 0.25) is 0 Å². The molecule has 4 aliphatic carbocycles. The van der Waals surface area contributed by atoms with Crippen LogP contribution in [0.1, 0.15) is 63.0 Å². The van der Waals surface area contributed by atoms with Gasteiger partial charge in [-0.1, -0.05) is 0 Å². The number of benzene rings is 1. The molecular formula is C27H38INO4. The van der Waals surface area contributed by atoms with E-state index in [1.165, 1.54) is 48.8 Å². The molecule has 0 aromatic heterocycles. The molecule has 0 amide bonds. The Morgan fingerprint density at radius 2 is 2.09 bits per heavy atom. The van der Waals surface area contributed by atoms with E-state index in [-0.39, 0.29) is 44.2 Å². The molecule has 2 heterocycles. The summed E-state index contributed by atoms with van der Waals surface area (Å²) in [4.78, 5) is 2.82. The Kier molecular flexibility index (Phi) is 5.07. The van der Waals surface area contributed by atoms with E-state index in [1.54, 1.807) is 6.07 Å². The van der Waals surface area contributed by atoms with Gasteiger partial charge in [0.05, 0.1) is 0 Å². The van der Waals surface area contributed by atoms with Gasteiger partial charge in [-0.05, 0) is 0 Å². The van der Waals surface area contributed by atoms with Gasteiger partial charge >= 0.3 is 208 Å². The SMILES string of the molecule is CCCC[IH]C1OCOC2CC34CC5(Cc6ccc(O)c(O)c63)CN(CC3CC3)C5C4C[C@@H]21. The molecule has 5 nitrogen and oxygen atoms in total. The first-order valence-corrected chi connectivity index (χ1v) is 16.2. The monoisotopic (exact) mass is 567 g/mol. The average Bonchev–Trinajstić information content (AvgIpc) is 3.58. The molecule has 182 valence electrons. The van der Waals surface area contributed by atoms with Crippen molar-refractivity contribution in [1.82, 2.24) is 4.90 Å². The second-order valence-corrected chi connectivity index (χ2v) is 15.4. The molecule has 2 bridgehead atoms. The molecule has 2 saturated heterocycles. The Morgan fingerprint density at radius 1 is 1.21 bits per heavy atom. The van der Waals surface area contributed by atoms with E-state index >= 15 is 0 Å². The zero-order valence-corrected chi connectivity index (χ0v) is 22.0. The van der Waals surface area contributed by atoms with Gasteiger partial charge in [-0.25, -0.2) is 0 Å². The van der Waals surface area contributed by atoms with Gasteiger partial charge in [0.1, 0.15) is 0 Å². The van der Waals surface area contributed by atoms with Crippen LogP contribution in [0.25, 0.3) is 0 Å². The summed E-state index contributed by atoms with van der Waals surface area (Å²) in [7, 11) is 0. The number of hydrogen-bond donors (Lipinski definition) is 2. The van der Waals surface area contributed by atoms with E-state index in [0.29, 0.717) is 34.2 Å². The molecule has 7 atom stereocenters. The summed E-state index contributed by atoms with van der Waals surface area (Å²) in [5, 5.41) is 21.7. The van der Waals surface area contributed by atoms with Crippen LogP contribution in [-0.2, 0) is 21.3 Å². The fraction of sp³-hybridized carbons (Fsp3) is 0.778. The quantitative estimate of drug-likeness (QED) is 0.228. The van der Waals surface area contributed by atoms with Crippen LogP contribution in [0.3, 0.4) is 0 Å². The normalized spacial score (nSPS) is 43.4. The fourth-order valence-corrected chi connectivity index (χ4v) is 12.6. The predicted octanol–water partition coefficient (Wildman–Crippen LogP) is 4.60. The summed E-state index contributed by atoms with van der Waals surface area (Å²) in [6, 6.07) is 4.43. The van der Waals surface area contributed by atoms with Crippen molar-refractivity contribution in [3.05, 3.63) is 23.3 Å². The van der Waals surface area contributed by atoms with Crippen LogP contribution in [0, 0.1) is 23.2 Å². The second kappa shape index (κ2) is 7.71. The van der Waals surface area contributed by atoms with Crippen molar-refractivity contribution in [2.24, 2.45) is 23.2 Å². The average molecular weight is 568 g/mol. The zero-order valence-electron chi connectivity index (χ0n) is 19.7. The Hall–Kier alpha value is -0.570. The van der Waals surface area contributed by atoms with E-state index in [9.17, 15) is 10.2 Å². The molecule has 2 N–H and O–H groups in total. The van der Waals surface area contributed by atoms with Crippen LogP contribution in [0.5, 0.6) is 11.5 Å². The first-order valence-electron chi connectivity index (χ1n) is 13.2. The molecule has 7 rings (SSSR count). The van der Waals surface area contributed by atoms with Crippen LogP contribution in [0.4, 0.5) is 0 Å². The number of hydrogen-bond acceptors (Lipinski definition) is 5. The van der Waals surface area contributed by atoms with Gasteiger partial charge in [-0.2, -0.15) is 0 Å². The summed E-state index contributed by atoms with van der Waals surface area (Å²) in [6.45, 7) is 5.20. The topological polar surface area (TPSA) is 62.2 Å². The molecule has 1 aromatic rings. The Labute approximate surface area is 207 Å². The Morgan fingerprint density at radius 3 is 2.91 bits per heavy atom. The van der Waals surface area contributed by atoms with E-state index in [1.807, 2.05) is 0 Å². The summed E-state index contributed by atoms with van der Waals surface area (Å²) in [6.07, 6.45) is 9.99. The maximum atomic E-state index is 11.2. The molecule has 1 aromatic carbocycles. The number of unbranched alkanes of at least 4 members (excludes halogenated alkanes) is 1. The third-order valence-corrected chi connectivity index (χ3v) is 13.8. The van der Waals surface area contributed by atoms with Gasteiger partial charge in [0, 0.05) is 0 Å². The van der Waals surface area contributed by atoms with Gasteiger partial charge in [0.25, 0.3) is 0 Å². The molecule has 33 heavy (non-hydrogen) atoms. The van der Waals surface area contributed by atoms with E-state index in [0.717, 1.165) is 37.2 Å². The minimum absolute atomic E-state index is 0.0475. The molecule has 0 radical (unpaired) electrons. The molecule has 6 heteroatoms. The van der Waals surface area contributed by atoms with Crippen molar-refractivity contribution in [2.75, 3.05) is 24.3 Å². The summed E-state index contributed by atoms with van der Waals surface area (Å²) in [5.74, 6) is 2.15. The predicted molar refractivity (Wildman–Crippen MR) is 136 cm³/mol. The zero-order chi connectivity index (χ0) is 22.4. The van der Waals surface area contributed by atoms with Gasteiger partial charge in [0.15, 0.2) is 0 Å². The Balaban J connectivity index is 1.28. The molecule has 5 fully saturated rings. The number of rotatable bonds is 6. The second-order valence-electron chi connectivity index (χ2n) is 11.9. The number of alkyl halides is 2. The third-order valence-electron chi connectivity index (χ3n) is 9.98. The number of aromatic hydroxyl groups is 2. The molecule has 2 aliphatic heterocycles. The summed E-state index contributed by atoms with van der Waals surface area (Å²) < 4.78 is 14.4. The number of phenols is 2. The molecule has 3 saturated carbocycles. The van der Waals surface area contributed by atoms with Gasteiger partial charge in [-0.3, -0.25) is 0 Å². The van der Waals surface area contributed by atoms with Gasteiger partial charge < -0.3 is 0 Å². The van der Waals surface area contributed by atoms with E-state index in [4.69, 9.17) is 9.47 Å². The van der Waals surface area contributed by atoms with Gasteiger partial charge in [-0.15, -0.1) is 0 Å². The van der Waals surface area contributed by atoms with E-state index in [2.05, 4.69) is 17.9 Å². The van der Waals surface area contributed by atoms with Crippen LogP contribution in [0.15, 0.2) is 12.1 Å². The standard InChI is InChI=1S/C27H38INO4/c1-2-3-8-28-25-18-9-19-24-26(14-29(24)12-16-4-5-16)10-17-6-7-20(30)23(31)22(17)27(19,13-26)11-21(18)32-15-33-25/h6-7,16,18-19,21,24-25,28,30-31H,2-5,8-15H2,1H3/t18-,19?,21?,24?,25?,26?,27?/m0/s1. The first-order chi connectivity index (χ1) is 16.0. The third kappa shape index (κ3) is 3.12. The van der Waals surface area contributed by atoms with Crippen molar-refractivity contribution < 1.29 is 19.7 Å². The number of likely N-dealkylation sites (tertiary alicyclic amines) is 1. The molecular weight excluding hydrogens is 529 g/mol. The van der Waals surface area contributed by atoms with Crippen LogP contribution >= 0.6 is 21.2 Å². The number of fused-ring (bicyclic) bond motifs is 3. The number of phenolic OH excluding ortho intramolecular Hbond substituents is 2. The Bertz CT molecular complexity index is 952. The van der Waals surface area contributed by atoms with Crippen molar-refractivity contribution in [3.63, 3.8) is 0 Å². The van der Waals surface area contributed by atoms with Crippen LogP contribution < -0.4 is 0 Å². The maximum absolute atomic E-state index is 11.2. The van der Waals surface area contributed by atoms with Crippen molar-refractivity contribution >= 4 is 21.2 Å². The molecule has 6 unspecified atom stereocenters. The first kappa shape index (κ1) is 21.7.